The second-order valence-electron chi connectivity index (χ2n) is 9.16. The summed E-state index contributed by atoms with van der Waals surface area (Å²) in [7, 11) is 0. The van der Waals surface area contributed by atoms with Gasteiger partial charge in [0.15, 0.2) is 5.78 Å². The summed E-state index contributed by atoms with van der Waals surface area (Å²) >= 11 is 12.7. The largest absolute Gasteiger partial charge is 0.293 e. The number of carbonyl (C=O) groups excluding carboxylic acids is 1. The van der Waals surface area contributed by atoms with E-state index in [1.165, 1.54) is 53.9 Å². The van der Waals surface area contributed by atoms with Crippen LogP contribution in [-0.4, -0.2) is 9.71 Å². The Balaban J connectivity index is 1.69. The van der Waals surface area contributed by atoms with Crippen molar-refractivity contribution >= 4 is 126 Å². The number of ketones is 1. The molecule has 1 unspecified atom stereocenters. The molecule has 160 valence electrons. The quantitative estimate of drug-likeness (QED) is 0.0705. The van der Waals surface area contributed by atoms with Crippen molar-refractivity contribution in [2.75, 3.05) is 0 Å². The number of fused-ring (bicyclic) bond motifs is 4. The van der Waals surface area contributed by atoms with Crippen molar-refractivity contribution in [1.29, 1.82) is 0 Å². The lowest BCUT2D eigenvalue weighted by Crippen LogP contribution is -2.21. The van der Waals surface area contributed by atoms with Gasteiger partial charge in [-0.1, -0.05) is 98.7 Å². The number of halogens is 3. The topological polar surface area (TPSA) is 17.1 Å². The van der Waals surface area contributed by atoms with E-state index >= 15 is 0 Å². The van der Waals surface area contributed by atoms with E-state index in [1.807, 2.05) is 6.07 Å². The van der Waals surface area contributed by atoms with Crippen LogP contribution in [0.1, 0.15) is 15.9 Å². The highest BCUT2D eigenvalue weighted by molar-refractivity contribution is 14.1. The number of Topliss-reactive ketones (excluding diaryl/α,β-unsaturated/α-hetero) is 1. The van der Waals surface area contributed by atoms with Crippen molar-refractivity contribution < 1.29 is 4.79 Å². The third-order valence-corrected chi connectivity index (χ3v) is 11.0. The molecule has 0 amide bonds. The first-order valence-corrected chi connectivity index (χ1v) is 13.5. The maximum atomic E-state index is 13.3. The SMILES string of the molecule is O=C1c2cc3ccc4cc5c6ccccc6cc6ccc7cc(c2C(Cl)=C(Br)C1I)c3c4c7c65. The van der Waals surface area contributed by atoms with Crippen molar-refractivity contribution in [3.05, 3.63) is 88.4 Å². The number of benzene rings is 7. The van der Waals surface area contributed by atoms with E-state index in [0.29, 0.717) is 10.6 Å². The van der Waals surface area contributed by atoms with Crippen LogP contribution in [0.15, 0.2) is 77.3 Å². The number of carbonyl (C=O) groups is 1. The lowest BCUT2D eigenvalue weighted by Gasteiger charge is -2.25. The maximum absolute atomic E-state index is 13.3. The van der Waals surface area contributed by atoms with E-state index < -0.39 is 0 Å². The van der Waals surface area contributed by atoms with Crippen LogP contribution in [0.25, 0.3) is 69.7 Å². The van der Waals surface area contributed by atoms with Gasteiger partial charge in [-0.05, 0) is 88.9 Å². The third-order valence-electron chi connectivity index (χ3n) is 7.48. The molecular weight excluding hydrogens is 619 g/mol. The molecule has 7 aromatic carbocycles. The van der Waals surface area contributed by atoms with Gasteiger partial charge in [-0.25, -0.2) is 0 Å². The van der Waals surface area contributed by atoms with E-state index in [4.69, 9.17) is 11.6 Å². The van der Waals surface area contributed by atoms with Gasteiger partial charge in [0.2, 0.25) is 0 Å². The molecule has 0 spiro atoms. The molecule has 0 N–H and O–H groups in total. The number of alkyl halides is 1. The average Bonchev–Trinajstić information content (AvgIpc) is 2.87. The molecule has 0 saturated carbocycles. The molecule has 0 radical (unpaired) electrons. The number of hydrogen-bond acceptors (Lipinski definition) is 1. The number of allylic oxidation sites excluding steroid dienone is 1. The van der Waals surface area contributed by atoms with E-state index in [0.717, 1.165) is 20.8 Å². The summed E-state index contributed by atoms with van der Waals surface area (Å²) in [5.74, 6) is 0.0979. The van der Waals surface area contributed by atoms with Crippen molar-refractivity contribution in [2.45, 2.75) is 3.92 Å². The summed E-state index contributed by atoms with van der Waals surface area (Å²) < 4.78 is 0.453. The summed E-state index contributed by atoms with van der Waals surface area (Å²) in [6.45, 7) is 0. The normalized spacial score (nSPS) is 16.9. The van der Waals surface area contributed by atoms with Gasteiger partial charge in [-0.2, -0.15) is 0 Å². The standard InChI is InChI=1S/C30H13BrClIO/c31-27-28(32)26-20-11-17-7-5-14-9-13-3-1-2-4-18(13)19-10-16-8-6-15(12-21(26)30(34)29(27)33)23(20)25(16)24(17)22(14)19/h1-12,29H. The summed E-state index contributed by atoms with van der Waals surface area (Å²) in [5, 5.41) is 15.3. The average molecular weight is 632 g/mol. The van der Waals surface area contributed by atoms with Crippen LogP contribution in [0.5, 0.6) is 0 Å². The molecule has 4 heteroatoms. The van der Waals surface area contributed by atoms with Crippen LogP contribution in [0.4, 0.5) is 0 Å². The van der Waals surface area contributed by atoms with Gasteiger partial charge < -0.3 is 0 Å². The first-order valence-electron chi connectivity index (χ1n) is 11.1. The Morgan fingerprint density at radius 2 is 1.26 bits per heavy atom. The van der Waals surface area contributed by atoms with E-state index in [2.05, 4.69) is 105 Å². The molecule has 34 heavy (non-hydrogen) atoms. The number of rotatable bonds is 0. The van der Waals surface area contributed by atoms with Crippen LogP contribution in [0, 0.1) is 0 Å². The highest BCUT2D eigenvalue weighted by Crippen LogP contribution is 2.50. The first kappa shape index (κ1) is 19.8. The predicted octanol–water partition coefficient (Wildman–Crippen LogP) is 9.78. The molecular formula is C30H13BrClIO. The number of hydrogen-bond donors (Lipinski definition) is 0. The molecule has 7 aromatic rings. The van der Waals surface area contributed by atoms with E-state index in [9.17, 15) is 4.79 Å². The zero-order chi connectivity index (χ0) is 22.9. The van der Waals surface area contributed by atoms with Gasteiger partial charge >= 0.3 is 0 Å². The fourth-order valence-corrected chi connectivity index (χ4v) is 7.61. The predicted molar refractivity (Wildman–Crippen MR) is 158 cm³/mol. The Hall–Kier alpha value is -2.47. The first-order chi connectivity index (χ1) is 16.5. The van der Waals surface area contributed by atoms with Gasteiger partial charge in [0.25, 0.3) is 0 Å². The second-order valence-corrected chi connectivity index (χ2v) is 11.6. The zero-order valence-electron chi connectivity index (χ0n) is 17.5. The highest BCUT2D eigenvalue weighted by Gasteiger charge is 2.33. The molecule has 1 nitrogen and oxygen atoms in total. The molecule has 1 aliphatic carbocycles. The Labute approximate surface area is 221 Å². The molecule has 0 aromatic heterocycles. The Morgan fingerprint density at radius 3 is 2.00 bits per heavy atom. The minimum Gasteiger partial charge on any atom is -0.293 e. The summed E-state index contributed by atoms with van der Waals surface area (Å²) in [6, 6.07) is 26.3. The van der Waals surface area contributed by atoms with E-state index in [1.54, 1.807) is 0 Å². The molecule has 8 rings (SSSR count). The van der Waals surface area contributed by atoms with Crippen molar-refractivity contribution in [3.8, 4) is 0 Å². The molecule has 0 fully saturated rings. The summed E-state index contributed by atoms with van der Waals surface area (Å²) in [4.78, 5) is 13.3. The molecule has 0 saturated heterocycles. The third kappa shape index (κ3) is 2.29. The van der Waals surface area contributed by atoms with Crippen LogP contribution in [-0.2, 0) is 0 Å². The summed E-state index contributed by atoms with van der Waals surface area (Å²) in [6.07, 6.45) is 0. The molecule has 0 bridgehead atoms. The van der Waals surface area contributed by atoms with Crippen molar-refractivity contribution in [3.63, 3.8) is 0 Å². The minimum atomic E-state index is -0.302. The molecule has 0 heterocycles. The smallest absolute Gasteiger partial charge is 0.181 e. The zero-order valence-corrected chi connectivity index (χ0v) is 22.0. The Morgan fingerprint density at radius 1 is 0.676 bits per heavy atom. The van der Waals surface area contributed by atoms with Crippen LogP contribution >= 0.6 is 50.1 Å². The van der Waals surface area contributed by atoms with Crippen LogP contribution in [0.3, 0.4) is 0 Å². The summed E-state index contributed by atoms with van der Waals surface area (Å²) in [5.41, 5.74) is 1.56. The Bertz CT molecular complexity index is 2070. The van der Waals surface area contributed by atoms with Gasteiger partial charge in [-0.15, -0.1) is 0 Å². The molecule has 1 aliphatic rings. The van der Waals surface area contributed by atoms with Gasteiger partial charge in [0, 0.05) is 15.6 Å². The van der Waals surface area contributed by atoms with Crippen molar-refractivity contribution in [2.24, 2.45) is 0 Å². The minimum absolute atomic E-state index is 0.0979. The highest BCUT2D eigenvalue weighted by atomic mass is 127. The fraction of sp³-hybridized carbons (Fsp3) is 0.0333. The lowest BCUT2D eigenvalue weighted by molar-refractivity contribution is 0.100. The van der Waals surface area contributed by atoms with Crippen molar-refractivity contribution in [1.82, 2.24) is 0 Å². The molecule has 0 aliphatic heterocycles. The second kappa shape index (κ2) is 6.60. The van der Waals surface area contributed by atoms with E-state index in [-0.39, 0.29) is 9.71 Å². The molecule has 1 atom stereocenters. The lowest BCUT2D eigenvalue weighted by atomic mass is 9.82. The van der Waals surface area contributed by atoms with Gasteiger partial charge in [-0.3, -0.25) is 4.79 Å². The Kier molecular flexibility index (Phi) is 3.84. The van der Waals surface area contributed by atoms with Crippen LogP contribution in [0.2, 0.25) is 0 Å². The monoisotopic (exact) mass is 630 g/mol. The van der Waals surface area contributed by atoms with Crippen LogP contribution < -0.4 is 0 Å². The van der Waals surface area contributed by atoms with Gasteiger partial charge in [0.1, 0.15) is 3.92 Å². The maximum Gasteiger partial charge on any atom is 0.181 e. The van der Waals surface area contributed by atoms with Gasteiger partial charge in [0.05, 0.1) is 5.03 Å². The fourth-order valence-electron chi connectivity index (χ4n) is 6.06.